The Kier molecular flexibility index (Phi) is 5.05. The van der Waals surface area contributed by atoms with Crippen LogP contribution in [0.2, 0.25) is 0 Å². The Morgan fingerprint density at radius 3 is 2.04 bits per heavy atom. The standard InChI is InChI=1S/C19H22N2O2/c22-19(23)18(17-9-5-2-6-10-17)21-13-11-20(12-14-21)15-16-7-3-1-4-8-16/h1-10,18H,11-15H2,(H,22,23). The summed E-state index contributed by atoms with van der Waals surface area (Å²) in [5, 5.41) is 9.62. The van der Waals surface area contributed by atoms with Gasteiger partial charge in [-0.3, -0.25) is 14.6 Å². The van der Waals surface area contributed by atoms with E-state index >= 15 is 0 Å². The molecule has 2 aromatic rings. The van der Waals surface area contributed by atoms with Crippen molar-refractivity contribution in [2.24, 2.45) is 0 Å². The molecule has 1 heterocycles. The number of hydrogen-bond acceptors (Lipinski definition) is 3. The molecule has 1 aliphatic rings. The second-order valence-electron chi connectivity index (χ2n) is 5.95. The molecular formula is C19H22N2O2. The maximum Gasteiger partial charge on any atom is 0.325 e. The van der Waals surface area contributed by atoms with Crippen molar-refractivity contribution in [3.05, 3.63) is 71.8 Å². The van der Waals surface area contributed by atoms with Gasteiger partial charge in [-0.05, 0) is 11.1 Å². The fourth-order valence-electron chi connectivity index (χ4n) is 3.17. The molecule has 3 rings (SSSR count). The van der Waals surface area contributed by atoms with Crippen LogP contribution in [0.3, 0.4) is 0 Å². The predicted octanol–water partition coefficient (Wildman–Crippen LogP) is 2.63. The van der Waals surface area contributed by atoms with Gasteiger partial charge in [0.1, 0.15) is 6.04 Å². The number of piperazine rings is 1. The lowest BCUT2D eigenvalue weighted by molar-refractivity contribution is -0.144. The molecule has 1 fully saturated rings. The zero-order valence-electron chi connectivity index (χ0n) is 13.1. The number of aliphatic carboxylic acids is 1. The van der Waals surface area contributed by atoms with Crippen LogP contribution in [0.5, 0.6) is 0 Å². The first-order valence-electron chi connectivity index (χ1n) is 8.02. The van der Waals surface area contributed by atoms with E-state index < -0.39 is 12.0 Å². The van der Waals surface area contributed by atoms with Crippen LogP contribution >= 0.6 is 0 Å². The van der Waals surface area contributed by atoms with Crippen LogP contribution in [-0.4, -0.2) is 47.1 Å². The van der Waals surface area contributed by atoms with Crippen LogP contribution < -0.4 is 0 Å². The van der Waals surface area contributed by atoms with Gasteiger partial charge in [0.05, 0.1) is 0 Å². The van der Waals surface area contributed by atoms with Crippen molar-refractivity contribution in [1.29, 1.82) is 0 Å². The normalized spacial score (nSPS) is 17.7. The third-order valence-electron chi connectivity index (χ3n) is 4.37. The molecule has 1 N–H and O–H groups in total. The second-order valence-corrected chi connectivity index (χ2v) is 5.95. The number of nitrogens with zero attached hydrogens (tertiary/aromatic N) is 2. The number of carboxylic acid groups (broad SMARTS) is 1. The first-order valence-corrected chi connectivity index (χ1v) is 8.02. The van der Waals surface area contributed by atoms with Gasteiger partial charge in [-0.25, -0.2) is 0 Å². The minimum Gasteiger partial charge on any atom is -0.480 e. The third kappa shape index (κ3) is 3.97. The van der Waals surface area contributed by atoms with E-state index in [1.165, 1.54) is 5.56 Å². The molecule has 0 bridgehead atoms. The first kappa shape index (κ1) is 15.7. The smallest absolute Gasteiger partial charge is 0.325 e. The summed E-state index contributed by atoms with van der Waals surface area (Å²) in [5.74, 6) is -0.771. The summed E-state index contributed by atoms with van der Waals surface area (Å²) < 4.78 is 0. The molecule has 0 amide bonds. The molecular weight excluding hydrogens is 288 g/mol. The van der Waals surface area contributed by atoms with E-state index in [-0.39, 0.29) is 0 Å². The van der Waals surface area contributed by atoms with Gasteiger partial charge < -0.3 is 5.11 Å². The Labute approximate surface area is 137 Å². The molecule has 0 saturated carbocycles. The number of carbonyl (C=O) groups is 1. The molecule has 23 heavy (non-hydrogen) atoms. The fraction of sp³-hybridized carbons (Fsp3) is 0.316. The quantitative estimate of drug-likeness (QED) is 0.922. The monoisotopic (exact) mass is 310 g/mol. The van der Waals surface area contributed by atoms with E-state index in [1.54, 1.807) is 0 Å². The Hall–Kier alpha value is -2.17. The largest absolute Gasteiger partial charge is 0.480 e. The highest BCUT2D eigenvalue weighted by Gasteiger charge is 2.30. The van der Waals surface area contributed by atoms with Crippen LogP contribution in [-0.2, 0) is 11.3 Å². The minimum atomic E-state index is -0.771. The molecule has 4 heteroatoms. The van der Waals surface area contributed by atoms with E-state index in [4.69, 9.17) is 0 Å². The predicted molar refractivity (Wildman–Crippen MR) is 90.1 cm³/mol. The average molecular weight is 310 g/mol. The highest BCUT2D eigenvalue weighted by atomic mass is 16.4. The van der Waals surface area contributed by atoms with Crippen molar-refractivity contribution in [3.8, 4) is 0 Å². The summed E-state index contributed by atoms with van der Waals surface area (Å²) in [6.07, 6.45) is 0. The Balaban J connectivity index is 1.62. The van der Waals surface area contributed by atoms with E-state index in [9.17, 15) is 9.90 Å². The summed E-state index contributed by atoms with van der Waals surface area (Å²) in [5.41, 5.74) is 2.16. The van der Waals surface area contributed by atoms with Crippen molar-refractivity contribution < 1.29 is 9.90 Å². The van der Waals surface area contributed by atoms with Crippen molar-refractivity contribution in [2.45, 2.75) is 12.6 Å². The second kappa shape index (κ2) is 7.40. The molecule has 4 nitrogen and oxygen atoms in total. The average Bonchev–Trinajstić information content (AvgIpc) is 2.58. The Morgan fingerprint density at radius 1 is 0.913 bits per heavy atom. The van der Waals surface area contributed by atoms with E-state index in [2.05, 4.69) is 34.1 Å². The summed E-state index contributed by atoms with van der Waals surface area (Å²) in [6, 6.07) is 19.4. The zero-order chi connectivity index (χ0) is 16.1. The van der Waals surface area contributed by atoms with Gasteiger partial charge in [-0.1, -0.05) is 60.7 Å². The van der Waals surface area contributed by atoms with Crippen LogP contribution in [0.15, 0.2) is 60.7 Å². The van der Waals surface area contributed by atoms with Gasteiger partial charge in [0, 0.05) is 32.7 Å². The van der Waals surface area contributed by atoms with Gasteiger partial charge in [0.25, 0.3) is 0 Å². The van der Waals surface area contributed by atoms with Crippen molar-refractivity contribution in [1.82, 2.24) is 9.80 Å². The minimum absolute atomic E-state index is 0.546. The molecule has 1 aliphatic heterocycles. The lowest BCUT2D eigenvalue weighted by Gasteiger charge is -2.37. The van der Waals surface area contributed by atoms with Crippen molar-refractivity contribution in [2.75, 3.05) is 26.2 Å². The summed E-state index contributed by atoms with van der Waals surface area (Å²) in [7, 11) is 0. The summed E-state index contributed by atoms with van der Waals surface area (Å²) in [4.78, 5) is 16.2. The van der Waals surface area contributed by atoms with Gasteiger partial charge in [-0.2, -0.15) is 0 Å². The fourth-order valence-corrected chi connectivity index (χ4v) is 3.17. The van der Waals surface area contributed by atoms with Gasteiger partial charge in [-0.15, -0.1) is 0 Å². The Bertz CT molecular complexity index is 622. The highest BCUT2D eigenvalue weighted by Crippen LogP contribution is 2.23. The molecule has 1 atom stereocenters. The van der Waals surface area contributed by atoms with Gasteiger partial charge >= 0.3 is 5.97 Å². The van der Waals surface area contributed by atoms with E-state index in [0.717, 1.165) is 38.3 Å². The maximum absolute atomic E-state index is 11.7. The third-order valence-corrected chi connectivity index (χ3v) is 4.37. The summed E-state index contributed by atoms with van der Waals surface area (Å²) >= 11 is 0. The Morgan fingerprint density at radius 2 is 1.48 bits per heavy atom. The SMILES string of the molecule is O=C(O)C(c1ccccc1)N1CCN(Cc2ccccc2)CC1. The topological polar surface area (TPSA) is 43.8 Å². The molecule has 1 unspecified atom stereocenters. The molecule has 0 aliphatic carbocycles. The van der Waals surface area contributed by atoms with Crippen LogP contribution in [0.1, 0.15) is 17.2 Å². The molecule has 1 saturated heterocycles. The number of carboxylic acids is 1. The maximum atomic E-state index is 11.7. The van der Waals surface area contributed by atoms with Crippen LogP contribution in [0, 0.1) is 0 Å². The van der Waals surface area contributed by atoms with Gasteiger partial charge in [0.2, 0.25) is 0 Å². The number of rotatable bonds is 5. The molecule has 2 aromatic carbocycles. The van der Waals surface area contributed by atoms with Crippen molar-refractivity contribution >= 4 is 5.97 Å². The lowest BCUT2D eigenvalue weighted by Crippen LogP contribution is -2.48. The first-order chi connectivity index (χ1) is 11.2. The van der Waals surface area contributed by atoms with Crippen LogP contribution in [0.25, 0.3) is 0 Å². The summed E-state index contributed by atoms with van der Waals surface area (Å²) in [6.45, 7) is 4.27. The molecule has 0 radical (unpaired) electrons. The highest BCUT2D eigenvalue weighted by molar-refractivity contribution is 5.75. The van der Waals surface area contributed by atoms with Crippen LogP contribution in [0.4, 0.5) is 0 Å². The molecule has 0 aromatic heterocycles. The van der Waals surface area contributed by atoms with Crippen molar-refractivity contribution in [3.63, 3.8) is 0 Å². The van der Waals surface area contributed by atoms with E-state index in [1.807, 2.05) is 36.4 Å². The zero-order valence-corrected chi connectivity index (χ0v) is 13.1. The van der Waals surface area contributed by atoms with E-state index in [0.29, 0.717) is 0 Å². The molecule has 120 valence electrons. The number of benzene rings is 2. The number of hydrogen-bond donors (Lipinski definition) is 1. The molecule has 0 spiro atoms. The lowest BCUT2D eigenvalue weighted by atomic mass is 10.0. The van der Waals surface area contributed by atoms with Gasteiger partial charge in [0.15, 0.2) is 0 Å².